The van der Waals surface area contributed by atoms with Gasteiger partial charge in [-0.25, -0.2) is 13.6 Å². The SMILES string of the molecule is CC(=O)c1ccc(N2CCN(C(=O)CCc3ccc(S(N)(=O)=O)cc3)CC2)cc1. The summed E-state index contributed by atoms with van der Waals surface area (Å²) < 4.78 is 22.6. The van der Waals surface area contributed by atoms with Crippen LogP contribution in [0.25, 0.3) is 0 Å². The van der Waals surface area contributed by atoms with Gasteiger partial charge in [0, 0.05) is 43.9 Å². The Morgan fingerprint density at radius 3 is 2.03 bits per heavy atom. The van der Waals surface area contributed by atoms with Crippen molar-refractivity contribution in [3.05, 3.63) is 59.7 Å². The summed E-state index contributed by atoms with van der Waals surface area (Å²) in [7, 11) is -3.70. The number of Topliss-reactive ketones (excluding diaryl/α,β-unsaturated/α-hetero) is 1. The van der Waals surface area contributed by atoms with E-state index in [0.29, 0.717) is 31.5 Å². The van der Waals surface area contributed by atoms with Crippen molar-refractivity contribution in [3.8, 4) is 0 Å². The molecule has 154 valence electrons. The third kappa shape index (κ3) is 5.42. The summed E-state index contributed by atoms with van der Waals surface area (Å²) in [5.74, 6) is 0.137. The van der Waals surface area contributed by atoms with Crippen LogP contribution in [0.1, 0.15) is 29.3 Å². The van der Waals surface area contributed by atoms with Gasteiger partial charge in [0.05, 0.1) is 4.90 Å². The van der Waals surface area contributed by atoms with Crippen molar-refractivity contribution in [1.29, 1.82) is 0 Å². The van der Waals surface area contributed by atoms with Gasteiger partial charge in [-0.2, -0.15) is 0 Å². The molecule has 2 aromatic carbocycles. The van der Waals surface area contributed by atoms with E-state index in [4.69, 9.17) is 5.14 Å². The van der Waals surface area contributed by atoms with Gasteiger partial charge in [0.1, 0.15) is 0 Å². The zero-order chi connectivity index (χ0) is 21.0. The number of rotatable bonds is 6. The monoisotopic (exact) mass is 415 g/mol. The minimum atomic E-state index is -3.70. The number of nitrogens with zero attached hydrogens (tertiary/aromatic N) is 2. The molecule has 1 aliphatic rings. The molecule has 0 atom stereocenters. The third-order valence-electron chi connectivity index (χ3n) is 5.15. The fraction of sp³-hybridized carbons (Fsp3) is 0.333. The lowest BCUT2D eigenvalue weighted by atomic mass is 10.1. The lowest BCUT2D eigenvalue weighted by Crippen LogP contribution is -2.48. The molecular formula is C21H25N3O4S. The highest BCUT2D eigenvalue weighted by molar-refractivity contribution is 7.89. The van der Waals surface area contributed by atoms with Crippen LogP contribution in [0.5, 0.6) is 0 Å². The van der Waals surface area contributed by atoms with Crippen molar-refractivity contribution in [1.82, 2.24) is 4.90 Å². The van der Waals surface area contributed by atoms with Crippen molar-refractivity contribution in [2.24, 2.45) is 5.14 Å². The Labute approximate surface area is 171 Å². The van der Waals surface area contributed by atoms with Crippen molar-refractivity contribution in [2.75, 3.05) is 31.1 Å². The zero-order valence-corrected chi connectivity index (χ0v) is 17.2. The van der Waals surface area contributed by atoms with E-state index in [-0.39, 0.29) is 16.6 Å². The van der Waals surface area contributed by atoms with Gasteiger partial charge in [-0.1, -0.05) is 12.1 Å². The molecule has 0 radical (unpaired) electrons. The van der Waals surface area contributed by atoms with Crippen molar-refractivity contribution in [3.63, 3.8) is 0 Å². The van der Waals surface area contributed by atoms with Crippen molar-refractivity contribution in [2.45, 2.75) is 24.7 Å². The number of aryl methyl sites for hydroxylation is 1. The van der Waals surface area contributed by atoms with Crippen LogP contribution in [0.3, 0.4) is 0 Å². The lowest BCUT2D eigenvalue weighted by molar-refractivity contribution is -0.131. The summed E-state index contributed by atoms with van der Waals surface area (Å²) in [5.41, 5.74) is 2.65. The van der Waals surface area contributed by atoms with Crippen molar-refractivity contribution < 1.29 is 18.0 Å². The second-order valence-corrected chi connectivity index (χ2v) is 8.72. The van der Waals surface area contributed by atoms with Gasteiger partial charge in [-0.3, -0.25) is 9.59 Å². The Morgan fingerprint density at radius 1 is 0.931 bits per heavy atom. The third-order valence-corrected chi connectivity index (χ3v) is 6.08. The first-order valence-electron chi connectivity index (χ1n) is 9.49. The summed E-state index contributed by atoms with van der Waals surface area (Å²) >= 11 is 0. The molecule has 7 nitrogen and oxygen atoms in total. The van der Waals surface area contributed by atoms with Gasteiger partial charge in [0.25, 0.3) is 0 Å². The number of carbonyl (C=O) groups excluding carboxylic acids is 2. The fourth-order valence-electron chi connectivity index (χ4n) is 3.38. The Hall–Kier alpha value is -2.71. The van der Waals surface area contributed by atoms with Gasteiger partial charge >= 0.3 is 0 Å². The second kappa shape index (κ2) is 8.75. The van der Waals surface area contributed by atoms with Crippen LogP contribution in [0.4, 0.5) is 5.69 Å². The van der Waals surface area contributed by atoms with E-state index in [1.54, 1.807) is 19.1 Å². The van der Waals surface area contributed by atoms with Crippen LogP contribution >= 0.6 is 0 Å². The smallest absolute Gasteiger partial charge is 0.238 e. The summed E-state index contributed by atoms with van der Waals surface area (Å²) in [5, 5.41) is 5.09. The maximum absolute atomic E-state index is 12.5. The number of sulfonamides is 1. The molecule has 0 spiro atoms. The lowest BCUT2D eigenvalue weighted by Gasteiger charge is -2.36. The second-order valence-electron chi connectivity index (χ2n) is 7.16. The molecule has 0 saturated carbocycles. The van der Waals surface area contributed by atoms with Crippen LogP contribution < -0.4 is 10.0 Å². The van der Waals surface area contributed by atoms with Gasteiger partial charge in [-0.15, -0.1) is 0 Å². The molecule has 2 aromatic rings. The Kier molecular flexibility index (Phi) is 6.34. The Bertz CT molecular complexity index is 978. The molecular weight excluding hydrogens is 390 g/mol. The van der Waals surface area contributed by atoms with E-state index in [1.165, 1.54) is 12.1 Å². The van der Waals surface area contributed by atoms with Crippen molar-refractivity contribution >= 4 is 27.4 Å². The highest BCUT2D eigenvalue weighted by Crippen LogP contribution is 2.18. The molecule has 0 bridgehead atoms. The first-order chi connectivity index (χ1) is 13.7. The molecule has 1 heterocycles. The number of amides is 1. The van der Waals surface area contributed by atoms with E-state index in [1.807, 2.05) is 29.2 Å². The molecule has 0 aliphatic carbocycles. The molecule has 1 saturated heterocycles. The predicted octanol–water partition coefficient (Wildman–Crippen LogP) is 1.82. The molecule has 1 amide bonds. The average Bonchev–Trinajstić information content (AvgIpc) is 2.72. The van der Waals surface area contributed by atoms with E-state index < -0.39 is 10.0 Å². The zero-order valence-electron chi connectivity index (χ0n) is 16.4. The number of piperazine rings is 1. The number of hydrogen-bond donors (Lipinski definition) is 1. The topological polar surface area (TPSA) is 101 Å². The molecule has 0 unspecified atom stereocenters. The van der Waals surface area contributed by atoms with E-state index >= 15 is 0 Å². The Balaban J connectivity index is 1.49. The number of hydrogen-bond acceptors (Lipinski definition) is 5. The van der Waals surface area contributed by atoms with E-state index in [9.17, 15) is 18.0 Å². The van der Waals surface area contributed by atoms with Gasteiger partial charge in [-0.05, 0) is 55.3 Å². The molecule has 8 heteroatoms. The van der Waals surface area contributed by atoms with Crippen LogP contribution in [0.2, 0.25) is 0 Å². The summed E-state index contributed by atoms with van der Waals surface area (Å²) in [6.45, 7) is 4.34. The molecule has 1 aliphatic heterocycles. The first-order valence-corrected chi connectivity index (χ1v) is 11.0. The van der Waals surface area contributed by atoms with Crippen LogP contribution in [0, 0.1) is 0 Å². The van der Waals surface area contributed by atoms with Gasteiger partial charge in [0.15, 0.2) is 5.78 Å². The first kappa shape index (κ1) is 21.0. The number of nitrogens with two attached hydrogens (primary N) is 1. The highest BCUT2D eigenvalue weighted by atomic mass is 32.2. The van der Waals surface area contributed by atoms with E-state index in [2.05, 4.69) is 4.90 Å². The number of primary sulfonamides is 1. The van der Waals surface area contributed by atoms with Crippen LogP contribution in [0.15, 0.2) is 53.4 Å². The minimum Gasteiger partial charge on any atom is -0.368 e. The maximum atomic E-state index is 12.5. The fourth-order valence-corrected chi connectivity index (χ4v) is 3.89. The summed E-state index contributed by atoms with van der Waals surface area (Å²) in [6, 6.07) is 13.9. The summed E-state index contributed by atoms with van der Waals surface area (Å²) in [6.07, 6.45) is 0.929. The van der Waals surface area contributed by atoms with Crippen LogP contribution in [-0.2, 0) is 21.2 Å². The van der Waals surface area contributed by atoms with Gasteiger partial charge < -0.3 is 9.80 Å². The largest absolute Gasteiger partial charge is 0.368 e. The number of ketones is 1. The van der Waals surface area contributed by atoms with Crippen LogP contribution in [-0.4, -0.2) is 51.2 Å². The minimum absolute atomic E-state index is 0.0475. The van der Waals surface area contributed by atoms with E-state index in [0.717, 1.165) is 24.3 Å². The molecule has 29 heavy (non-hydrogen) atoms. The molecule has 3 rings (SSSR count). The predicted molar refractivity (Wildman–Crippen MR) is 111 cm³/mol. The normalized spacial score (nSPS) is 14.7. The number of anilines is 1. The number of benzene rings is 2. The molecule has 0 aromatic heterocycles. The quantitative estimate of drug-likeness (QED) is 0.726. The average molecular weight is 416 g/mol. The molecule has 2 N–H and O–H groups in total. The highest BCUT2D eigenvalue weighted by Gasteiger charge is 2.21. The molecule has 1 fully saturated rings. The maximum Gasteiger partial charge on any atom is 0.238 e. The van der Waals surface area contributed by atoms with Gasteiger partial charge in [0.2, 0.25) is 15.9 Å². The Morgan fingerprint density at radius 2 is 1.52 bits per heavy atom. The summed E-state index contributed by atoms with van der Waals surface area (Å²) in [4.78, 5) is 28.0. The number of carbonyl (C=O) groups is 2. The standard InChI is InChI=1S/C21H25N3O4S/c1-16(25)18-5-7-19(8-6-18)23-12-14-24(15-13-23)21(26)11-4-17-2-9-20(10-3-17)29(22,27)28/h2-3,5-10H,4,11-15H2,1H3,(H2,22,27,28).